The van der Waals surface area contributed by atoms with Crippen LogP contribution in [-0.4, -0.2) is 41.8 Å². The number of hydrogen-bond donors (Lipinski definition) is 0. The van der Waals surface area contributed by atoms with E-state index in [1.807, 2.05) is 25.1 Å². The van der Waals surface area contributed by atoms with Crippen molar-refractivity contribution in [3.05, 3.63) is 42.5 Å². The van der Waals surface area contributed by atoms with Gasteiger partial charge in [0.1, 0.15) is 11.9 Å². The number of esters is 1. The number of carbonyl (C=O) groups is 2. The highest BCUT2D eigenvalue weighted by molar-refractivity contribution is 7.79. The molecule has 1 aromatic carbocycles. The van der Waals surface area contributed by atoms with E-state index in [2.05, 4.69) is 0 Å². The molecular formula is C24H30O7S. The van der Waals surface area contributed by atoms with E-state index in [1.54, 1.807) is 12.1 Å². The van der Waals surface area contributed by atoms with Crippen molar-refractivity contribution in [2.24, 2.45) is 0 Å². The summed E-state index contributed by atoms with van der Waals surface area (Å²) in [5.41, 5.74) is 0. The Labute approximate surface area is 194 Å². The van der Waals surface area contributed by atoms with Gasteiger partial charge >= 0.3 is 17.4 Å². The van der Waals surface area contributed by atoms with Crippen molar-refractivity contribution in [1.29, 1.82) is 0 Å². The summed E-state index contributed by atoms with van der Waals surface area (Å²) in [4.78, 5) is 24.0. The van der Waals surface area contributed by atoms with Crippen LogP contribution in [0.2, 0.25) is 0 Å². The maximum absolute atomic E-state index is 12.2. The van der Waals surface area contributed by atoms with Gasteiger partial charge in [0.15, 0.2) is 12.2 Å². The quantitative estimate of drug-likeness (QED) is 0.435. The van der Waals surface area contributed by atoms with Crippen LogP contribution in [0.25, 0.3) is 0 Å². The zero-order valence-electron chi connectivity index (χ0n) is 18.3. The van der Waals surface area contributed by atoms with Crippen molar-refractivity contribution < 1.29 is 33.3 Å². The van der Waals surface area contributed by atoms with E-state index in [4.69, 9.17) is 35.9 Å². The minimum Gasteiger partial charge on any atom is -0.460 e. The number of fused-ring (bicyclic) bond motifs is 1. The first-order chi connectivity index (χ1) is 15.5. The molecule has 1 aromatic rings. The van der Waals surface area contributed by atoms with Gasteiger partial charge in [-0.3, -0.25) is 0 Å². The molecule has 0 spiro atoms. The standard InChI is InChI=1S/C24H30O7S/c1-17-11-7-4-2-3-5-10-14-19(30-24(32)28-18-12-8-6-9-13-18)22-20(29-23(26)31-22)15-16-21(25)27-17/h6,8-9,12-13,15-17,19-20,22H,2-5,7,10-11,14H2,1H3/b16-15+/t17-,19+,20-,22+/m1/s1. The van der Waals surface area contributed by atoms with Crippen molar-refractivity contribution in [2.75, 3.05) is 0 Å². The molecule has 0 saturated carbocycles. The largest absolute Gasteiger partial charge is 0.509 e. The van der Waals surface area contributed by atoms with Gasteiger partial charge < -0.3 is 23.7 Å². The molecule has 3 rings (SSSR count). The molecule has 8 heteroatoms. The van der Waals surface area contributed by atoms with Gasteiger partial charge in [-0.05, 0) is 50.8 Å². The van der Waals surface area contributed by atoms with Crippen LogP contribution in [0, 0.1) is 0 Å². The molecule has 0 radical (unpaired) electrons. The third-order valence-corrected chi connectivity index (χ3v) is 5.62. The van der Waals surface area contributed by atoms with Crippen LogP contribution >= 0.6 is 12.2 Å². The molecule has 32 heavy (non-hydrogen) atoms. The highest BCUT2D eigenvalue weighted by atomic mass is 32.1. The minimum atomic E-state index is -0.812. The lowest BCUT2D eigenvalue weighted by molar-refractivity contribution is -0.142. The lowest BCUT2D eigenvalue weighted by Gasteiger charge is -2.25. The maximum Gasteiger partial charge on any atom is 0.509 e. The van der Waals surface area contributed by atoms with E-state index in [0.717, 1.165) is 44.9 Å². The zero-order valence-corrected chi connectivity index (χ0v) is 19.1. The summed E-state index contributed by atoms with van der Waals surface area (Å²) in [6, 6.07) is 9.07. The summed E-state index contributed by atoms with van der Waals surface area (Å²) in [7, 11) is 0. The average Bonchev–Trinajstić information content (AvgIpc) is 3.13. The molecule has 1 saturated heterocycles. The number of thiocarbonyl (C=S) groups is 1. The normalized spacial score (nSPS) is 28.4. The van der Waals surface area contributed by atoms with Gasteiger partial charge in [-0.15, -0.1) is 0 Å². The van der Waals surface area contributed by atoms with Crippen LogP contribution < -0.4 is 4.74 Å². The molecule has 4 atom stereocenters. The first kappa shape index (κ1) is 24.0. The number of para-hydroxylation sites is 1. The fourth-order valence-corrected chi connectivity index (χ4v) is 4.02. The topological polar surface area (TPSA) is 80.3 Å². The van der Waals surface area contributed by atoms with Crippen molar-refractivity contribution in [1.82, 2.24) is 0 Å². The number of cyclic esters (lactones) is 1. The Hall–Kier alpha value is -2.61. The Morgan fingerprint density at radius 2 is 1.62 bits per heavy atom. The molecule has 7 nitrogen and oxygen atoms in total. The number of carbonyl (C=O) groups excluding carboxylic acids is 2. The second-order valence-corrected chi connectivity index (χ2v) is 8.37. The van der Waals surface area contributed by atoms with Crippen molar-refractivity contribution >= 4 is 29.6 Å². The van der Waals surface area contributed by atoms with E-state index in [9.17, 15) is 9.59 Å². The van der Waals surface area contributed by atoms with Gasteiger partial charge in [0.25, 0.3) is 0 Å². The average molecular weight is 463 g/mol. The molecule has 0 bridgehead atoms. The predicted octanol–water partition coefficient (Wildman–Crippen LogP) is 5.26. The van der Waals surface area contributed by atoms with E-state index in [0.29, 0.717) is 12.2 Å². The molecule has 0 aromatic heterocycles. The van der Waals surface area contributed by atoms with Crippen LogP contribution in [0.1, 0.15) is 58.3 Å². The predicted molar refractivity (Wildman–Crippen MR) is 121 cm³/mol. The Morgan fingerprint density at radius 1 is 0.938 bits per heavy atom. The highest BCUT2D eigenvalue weighted by Crippen LogP contribution is 2.26. The fourth-order valence-electron chi connectivity index (χ4n) is 3.80. The number of rotatable bonds is 2. The molecule has 0 aliphatic carbocycles. The third kappa shape index (κ3) is 7.82. The highest BCUT2D eigenvalue weighted by Gasteiger charge is 2.42. The van der Waals surface area contributed by atoms with E-state index in [1.165, 1.54) is 12.2 Å². The molecule has 1 fully saturated rings. The fraction of sp³-hybridized carbons (Fsp3) is 0.542. The summed E-state index contributed by atoms with van der Waals surface area (Å²) in [5, 5.41) is -0.0606. The third-order valence-electron chi connectivity index (χ3n) is 5.44. The minimum absolute atomic E-state index is 0.0606. The lowest BCUT2D eigenvalue weighted by atomic mass is 10.00. The second-order valence-electron chi connectivity index (χ2n) is 8.04. The summed E-state index contributed by atoms with van der Waals surface area (Å²) in [6.07, 6.45) is 7.33. The number of benzene rings is 1. The van der Waals surface area contributed by atoms with Crippen molar-refractivity contribution in [3.63, 3.8) is 0 Å². The van der Waals surface area contributed by atoms with Crippen LogP contribution in [0.5, 0.6) is 5.75 Å². The zero-order chi connectivity index (χ0) is 22.8. The van der Waals surface area contributed by atoms with Crippen molar-refractivity contribution in [3.8, 4) is 5.75 Å². The Bertz CT molecular complexity index is 795. The summed E-state index contributed by atoms with van der Waals surface area (Å²) < 4.78 is 27.6. The SMILES string of the molecule is C[C@@H]1CCCCCCCC[C@H](OC(=S)Oc2ccccc2)[C@@H]2OC(=O)O[C@@H]2/C=C/C(=O)O1. The van der Waals surface area contributed by atoms with Crippen LogP contribution in [-0.2, 0) is 23.7 Å². The molecule has 2 heterocycles. The smallest absolute Gasteiger partial charge is 0.460 e. The lowest BCUT2D eigenvalue weighted by Crippen LogP contribution is -2.38. The Kier molecular flexibility index (Phi) is 9.34. The summed E-state index contributed by atoms with van der Waals surface area (Å²) in [6.45, 7) is 1.88. The Balaban J connectivity index is 1.71. The molecule has 2 aliphatic heterocycles. The number of ether oxygens (including phenoxy) is 5. The van der Waals surface area contributed by atoms with Crippen LogP contribution in [0.3, 0.4) is 0 Å². The molecule has 0 N–H and O–H groups in total. The molecular weight excluding hydrogens is 432 g/mol. The second kappa shape index (κ2) is 12.4. The molecule has 174 valence electrons. The van der Waals surface area contributed by atoms with Crippen molar-refractivity contribution in [2.45, 2.75) is 82.7 Å². The summed E-state index contributed by atoms with van der Waals surface area (Å²) >= 11 is 5.28. The van der Waals surface area contributed by atoms with E-state index < -0.39 is 30.4 Å². The Morgan fingerprint density at radius 3 is 2.38 bits per heavy atom. The van der Waals surface area contributed by atoms with E-state index in [-0.39, 0.29) is 11.3 Å². The van der Waals surface area contributed by atoms with Gasteiger partial charge in [0.2, 0.25) is 0 Å². The summed E-state index contributed by atoms with van der Waals surface area (Å²) in [5.74, 6) is 0.0744. The van der Waals surface area contributed by atoms with Crippen LogP contribution in [0.15, 0.2) is 42.5 Å². The molecule has 0 amide bonds. The van der Waals surface area contributed by atoms with Crippen LogP contribution in [0.4, 0.5) is 4.79 Å². The monoisotopic (exact) mass is 462 g/mol. The molecule has 2 aliphatic rings. The van der Waals surface area contributed by atoms with Gasteiger partial charge in [-0.1, -0.05) is 43.9 Å². The van der Waals surface area contributed by atoms with Gasteiger partial charge in [0.05, 0.1) is 6.10 Å². The first-order valence-corrected chi connectivity index (χ1v) is 11.6. The molecule has 0 unspecified atom stereocenters. The van der Waals surface area contributed by atoms with E-state index >= 15 is 0 Å². The van der Waals surface area contributed by atoms with Gasteiger partial charge in [0, 0.05) is 18.3 Å². The van der Waals surface area contributed by atoms with Gasteiger partial charge in [-0.2, -0.15) is 0 Å². The first-order valence-electron chi connectivity index (χ1n) is 11.2. The number of hydrogen-bond acceptors (Lipinski definition) is 8. The van der Waals surface area contributed by atoms with Gasteiger partial charge in [-0.25, -0.2) is 9.59 Å². The maximum atomic E-state index is 12.2.